The second-order valence-electron chi connectivity index (χ2n) is 5.56. The topological polar surface area (TPSA) is 29.1 Å². The largest absolute Gasteiger partial charge is 0.349 e. The summed E-state index contributed by atoms with van der Waals surface area (Å²) in [4.78, 5) is 12.2. The molecule has 3 unspecified atom stereocenters. The van der Waals surface area contributed by atoms with E-state index in [2.05, 4.69) is 35.1 Å². The van der Waals surface area contributed by atoms with Gasteiger partial charge in [0.15, 0.2) is 0 Å². The van der Waals surface area contributed by atoms with E-state index in [0.717, 1.165) is 23.2 Å². The monoisotopic (exact) mass is 343 g/mol. The number of rotatable bonds is 2. The molecule has 1 aromatic rings. The molecule has 1 aromatic carbocycles. The summed E-state index contributed by atoms with van der Waals surface area (Å²) in [5.74, 6) is 1.42. The van der Waals surface area contributed by atoms with Gasteiger partial charge in [0.1, 0.15) is 0 Å². The average molecular weight is 345 g/mol. The van der Waals surface area contributed by atoms with E-state index >= 15 is 0 Å². The maximum Gasteiger partial charge on any atom is 0.252 e. The maximum atomic E-state index is 12.2. The Kier molecular flexibility index (Phi) is 4.91. The molecule has 2 rings (SSSR count). The Morgan fingerprint density at radius 2 is 2.05 bits per heavy atom. The standard InChI is InChI=1S/C15H19BrClNO/c1-9-3-5-12(7-10(9)2)18-15(19)13-6-4-11(17)8-14(13)16/h4,6,8-10,12H,3,5,7H2,1-2H3,(H,18,19). The number of carbonyl (C=O) groups is 1. The molecule has 0 saturated heterocycles. The Bertz CT molecular complexity index is 477. The third-order valence-corrected chi connectivity index (χ3v) is 5.00. The Morgan fingerprint density at radius 1 is 1.32 bits per heavy atom. The summed E-state index contributed by atoms with van der Waals surface area (Å²) in [6, 6.07) is 5.55. The van der Waals surface area contributed by atoms with Crippen molar-refractivity contribution in [2.24, 2.45) is 11.8 Å². The van der Waals surface area contributed by atoms with Crippen molar-refractivity contribution in [2.75, 3.05) is 0 Å². The molecule has 1 aliphatic carbocycles. The molecule has 104 valence electrons. The minimum Gasteiger partial charge on any atom is -0.349 e. The van der Waals surface area contributed by atoms with Crippen molar-refractivity contribution < 1.29 is 4.79 Å². The quantitative estimate of drug-likeness (QED) is 0.831. The van der Waals surface area contributed by atoms with Crippen molar-refractivity contribution in [1.29, 1.82) is 0 Å². The summed E-state index contributed by atoms with van der Waals surface area (Å²) in [5.41, 5.74) is 0.649. The number of carbonyl (C=O) groups excluding carboxylic acids is 1. The van der Waals surface area contributed by atoms with Gasteiger partial charge in [0.05, 0.1) is 5.56 Å². The zero-order valence-corrected chi connectivity index (χ0v) is 13.6. The van der Waals surface area contributed by atoms with Gasteiger partial charge in [-0.2, -0.15) is 0 Å². The van der Waals surface area contributed by atoms with Gasteiger partial charge in [-0.15, -0.1) is 0 Å². The number of nitrogens with one attached hydrogen (secondary N) is 1. The SMILES string of the molecule is CC1CCC(NC(=O)c2ccc(Cl)cc2Br)CC1C. The van der Waals surface area contributed by atoms with Gasteiger partial charge in [-0.25, -0.2) is 0 Å². The van der Waals surface area contributed by atoms with Crippen LogP contribution in [0.4, 0.5) is 0 Å². The fraction of sp³-hybridized carbons (Fsp3) is 0.533. The van der Waals surface area contributed by atoms with Gasteiger partial charge < -0.3 is 5.32 Å². The number of halogens is 2. The van der Waals surface area contributed by atoms with Crippen LogP contribution in [-0.2, 0) is 0 Å². The molecule has 4 heteroatoms. The van der Waals surface area contributed by atoms with Gasteiger partial charge in [-0.1, -0.05) is 25.4 Å². The van der Waals surface area contributed by atoms with Crippen LogP contribution >= 0.6 is 27.5 Å². The van der Waals surface area contributed by atoms with Gasteiger partial charge in [-0.05, 0) is 65.2 Å². The molecule has 1 aliphatic rings. The molecule has 19 heavy (non-hydrogen) atoms. The van der Waals surface area contributed by atoms with Crippen molar-refractivity contribution in [3.63, 3.8) is 0 Å². The third-order valence-electron chi connectivity index (χ3n) is 4.11. The Balaban J connectivity index is 2.01. The molecule has 0 aromatic heterocycles. The summed E-state index contributed by atoms with van der Waals surface area (Å²) in [6.07, 6.45) is 3.33. The normalized spacial score (nSPS) is 27.1. The summed E-state index contributed by atoms with van der Waals surface area (Å²) >= 11 is 9.28. The van der Waals surface area contributed by atoms with E-state index in [4.69, 9.17) is 11.6 Å². The second-order valence-corrected chi connectivity index (χ2v) is 6.85. The highest BCUT2D eigenvalue weighted by Crippen LogP contribution is 2.30. The van der Waals surface area contributed by atoms with Crippen LogP contribution in [0.3, 0.4) is 0 Å². The van der Waals surface area contributed by atoms with E-state index in [1.807, 2.05) is 0 Å². The number of benzene rings is 1. The first-order valence-electron chi connectivity index (χ1n) is 6.73. The van der Waals surface area contributed by atoms with Crippen molar-refractivity contribution in [2.45, 2.75) is 39.2 Å². The number of amides is 1. The van der Waals surface area contributed by atoms with Crippen LogP contribution in [0.2, 0.25) is 5.02 Å². The molecule has 3 atom stereocenters. The first-order valence-corrected chi connectivity index (χ1v) is 7.90. The lowest BCUT2D eigenvalue weighted by Crippen LogP contribution is -2.39. The average Bonchev–Trinajstić information content (AvgIpc) is 2.33. The van der Waals surface area contributed by atoms with E-state index < -0.39 is 0 Å². The predicted octanol–water partition coefficient (Wildman–Crippen LogP) is 4.66. The van der Waals surface area contributed by atoms with Crippen LogP contribution in [0, 0.1) is 11.8 Å². The molecule has 0 aliphatic heterocycles. The minimum atomic E-state index is -0.0182. The molecule has 0 bridgehead atoms. The Labute approximate surface area is 128 Å². The fourth-order valence-corrected chi connectivity index (χ4v) is 3.48. The minimum absolute atomic E-state index is 0.0182. The first-order chi connectivity index (χ1) is 8.97. The van der Waals surface area contributed by atoms with Crippen LogP contribution in [-0.4, -0.2) is 11.9 Å². The van der Waals surface area contributed by atoms with E-state index in [1.165, 1.54) is 6.42 Å². The molecule has 0 radical (unpaired) electrons. The van der Waals surface area contributed by atoms with Crippen LogP contribution in [0.5, 0.6) is 0 Å². The third kappa shape index (κ3) is 3.73. The van der Waals surface area contributed by atoms with Gasteiger partial charge in [-0.3, -0.25) is 4.79 Å². The summed E-state index contributed by atoms with van der Waals surface area (Å²) in [5, 5.41) is 3.76. The molecule has 2 nitrogen and oxygen atoms in total. The van der Waals surface area contributed by atoms with E-state index in [1.54, 1.807) is 18.2 Å². The van der Waals surface area contributed by atoms with Gasteiger partial charge in [0, 0.05) is 15.5 Å². The molecule has 1 N–H and O–H groups in total. The van der Waals surface area contributed by atoms with Crippen molar-refractivity contribution in [3.05, 3.63) is 33.3 Å². The van der Waals surface area contributed by atoms with Gasteiger partial charge >= 0.3 is 0 Å². The highest BCUT2D eigenvalue weighted by Gasteiger charge is 2.26. The summed E-state index contributed by atoms with van der Waals surface area (Å²) in [7, 11) is 0. The van der Waals surface area contributed by atoms with Crippen molar-refractivity contribution in [1.82, 2.24) is 5.32 Å². The second kappa shape index (κ2) is 6.27. The molecule has 1 fully saturated rings. The molecule has 0 heterocycles. The molecule has 1 amide bonds. The van der Waals surface area contributed by atoms with Gasteiger partial charge in [0.25, 0.3) is 5.91 Å². The zero-order chi connectivity index (χ0) is 14.0. The molecule has 0 spiro atoms. The van der Waals surface area contributed by atoms with E-state index in [9.17, 15) is 4.79 Å². The smallest absolute Gasteiger partial charge is 0.252 e. The van der Waals surface area contributed by atoms with Crippen LogP contribution in [0.1, 0.15) is 43.5 Å². The molecular weight excluding hydrogens is 326 g/mol. The van der Waals surface area contributed by atoms with Crippen molar-refractivity contribution in [3.8, 4) is 0 Å². The first kappa shape index (κ1) is 14.9. The van der Waals surface area contributed by atoms with Crippen LogP contribution in [0.25, 0.3) is 0 Å². The summed E-state index contributed by atoms with van der Waals surface area (Å²) in [6.45, 7) is 4.56. The van der Waals surface area contributed by atoms with E-state index in [0.29, 0.717) is 22.5 Å². The number of hydrogen-bond acceptors (Lipinski definition) is 1. The summed E-state index contributed by atoms with van der Waals surface area (Å²) < 4.78 is 0.745. The highest BCUT2D eigenvalue weighted by atomic mass is 79.9. The van der Waals surface area contributed by atoms with Crippen LogP contribution < -0.4 is 5.32 Å². The lowest BCUT2D eigenvalue weighted by atomic mass is 9.79. The molecular formula is C15H19BrClNO. The maximum absolute atomic E-state index is 12.2. The Morgan fingerprint density at radius 3 is 2.68 bits per heavy atom. The van der Waals surface area contributed by atoms with Gasteiger partial charge in [0.2, 0.25) is 0 Å². The highest BCUT2D eigenvalue weighted by molar-refractivity contribution is 9.10. The predicted molar refractivity (Wildman–Crippen MR) is 82.6 cm³/mol. The Hall–Kier alpha value is -0.540. The number of hydrogen-bond donors (Lipinski definition) is 1. The van der Waals surface area contributed by atoms with Crippen LogP contribution in [0.15, 0.2) is 22.7 Å². The lowest BCUT2D eigenvalue weighted by Gasteiger charge is -2.32. The van der Waals surface area contributed by atoms with E-state index in [-0.39, 0.29) is 5.91 Å². The lowest BCUT2D eigenvalue weighted by molar-refractivity contribution is 0.0910. The fourth-order valence-electron chi connectivity index (χ4n) is 2.62. The zero-order valence-electron chi connectivity index (χ0n) is 11.2. The van der Waals surface area contributed by atoms with Crippen molar-refractivity contribution >= 4 is 33.4 Å². The molecule has 1 saturated carbocycles.